The molecule has 0 bridgehead atoms. The molecule has 0 aliphatic carbocycles. The Labute approximate surface area is 107 Å². The van der Waals surface area contributed by atoms with E-state index in [0.717, 1.165) is 25.1 Å². The van der Waals surface area contributed by atoms with Crippen molar-refractivity contribution in [1.82, 2.24) is 15.5 Å². The number of anilines is 1. The zero-order valence-corrected chi connectivity index (χ0v) is 10.4. The molecule has 1 amide bonds. The summed E-state index contributed by atoms with van der Waals surface area (Å²) < 4.78 is 5.11. The molecule has 94 valence electrons. The fraction of sp³-hybridized carbons (Fsp3) is 0.364. The fourth-order valence-corrected chi connectivity index (χ4v) is 2.47. The van der Waals surface area contributed by atoms with Crippen molar-refractivity contribution in [2.75, 3.05) is 11.9 Å². The molecule has 2 aromatic heterocycles. The molecule has 0 aromatic carbocycles. The third-order valence-corrected chi connectivity index (χ3v) is 3.47. The number of amides is 1. The van der Waals surface area contributed by atoms with E-state index in [-0.39, 0.29) is 17.8 Å². The summed E-state index contributed by atoms with van der Waals surface area (Å²) in [5, 5.41) is 13.4. The molecule has 3 rings (SSSR count). The zero-order valence-electron chi connectivity index (χ0n) is 9.55. The van der Waals surface area contributed by atoms with Gasteiger partial charge in [0.15, 0.2) is 0 Å². The Morgan fingerprint density at radius 1 is 1.61 bits per heavy atom. The Kier molecular flexibility index (Phi) is 3.07. The molecule has 0 saturated carbocycles. The van der Waals surface area contributed by atoms with Gasteiger partial charge in [0.1, 0.15) is 0 Å². The van der Waals surface area contributed by atoms with Crippen LogP contribution in [0.1, 0.15) is 35.4 Å². The second-order valence-electron chi connectivity index (χ2n) is 4.07. The van der Waals surface area contributed by atoms with Crippen molar-refractivity contribution >= 4 is 22.9 Å². The topological polar surface area (TPSA) is 80.0 Å². The quantitative estimate of drug-likeness (QED) is 0.883. The maximum absolute atomic E-state index is 11.8. The van der Waals surface area contributed by atoms with Crippen LogP contribution >= 0.6 is 11.3 Å². The van der Waals surface area contributed by atoms with E-state index in [1.54, 1.807) is 0 Å². The van der Waals surface area contributed by atoms with Crippen molar-refractivity contribution in [2.45, 2.75) is 18.9 Å². The molecule has 18 heavy (non-hydrogen) atoms. The Balaban J connectivity index is 1.70. The molecule has 1 saturated heterocycles. The number of hydrogen-bond donors (Lipinski definition) is 2. The number of nitrogens with one attached hydrogen (secondary N) is 2. The number of hydrogen-bond acceptors (Lipinski definition) is 6. The summed E-state index contributed by atoms with van der Waals surface area (Å²) in [6.45, 7) is 0.948. The molecular formula is C11H12N4O2S. The molecular weight excluding hydrogens is 252 g/mol. The van der Waals surface area contributed by atoms with E-state index in [0.29, 0.717) is 5.89 Å². The predicted molar refractivity (Wildman–Crippen MR) is 66.5 cm³/mol. The number of carbonyl (C=O) groups excluding carboxylic acids is 1. The molecule has 1 atom stereocenters. The molecule has 0 radical (unpaired) electrons. The summed E-state index contributed by atoms with van der Waals surface area (Å²) in [5.74, 6) is 0.217. The third kappa shape index (κ3) is 2.27. The Morgan fingerprint density at radius 2 is 2.56 bits per heavy atom. The highest BCUT2D eigenvalue weighted by molar-refractivity contribution is 7.08. The molecule has 6 nitrogen and oxygen atoms in total. The van der Waals surface area contributed by atoms with Gasteiger partial charge in [-0.3, -0.25) is 4.79 Å². The molecule has 1 aliphatic rings. The van der Waals surface area contributed by atoms with Crippen LogP contribution in [0, 0.1) is 0 Å². The molecule has 1 fully saturated rings. The van der Waals surface area contributed by atoms with Crippen LogP contribution < -0.4 is 10.6 Å². The minimum Gasteiger partial charge on any atom is -0.337 e. The highest BCUT2D eigenvalue weighted by Gasteiger charge is 2.24. The van der Waals surface area contributed by atoms with E-state index in [1.807, 2.05) is 16.8 Å². The van der Waals surface area contributed by atoms with E-state index >= 15 is 0 Å². The Hall–Kier alpha value is -1.73. The first-order valence-corrected chi connectivity index (χ1v) is 6.68. The van der Waals surface area contributed by atoms with E-state index in [2.05, 4.69) is 20.8 Å². The second-order valence-corrected chi connectivity index (χ2v) is 4.85. The van der Waals surface area contributed by atoms with Crippen LogP contribution in [-0.4, -0.2) is 22.6 Å². The van der Waals surface area contributed by atoms with E-state index in [1.165, 1.54) is 11.3 Å². The lowest BCUT2D eigenvalue weighted by Crippen LogP contribution is -2.15. The maximum atomic E-state index is 11.8. The van der Waals surface area contributed by atoms with E-state index < -0.39 is 0 Å². The molecule has 1 aliphatic heterocycles. The summed E-state index contributed by atoms with van der Waals surface area (Å²) in [4.78, 5) is 16.0. The predicted octanol–water partition coefficient (Wildman–Crippen LogP) is 1.81. The normalized spacial score (nSPS) is 19.0. The van der Waals surface area contributed by atoms with Gasteiger partial charge in [0.2, 0.25) is 5.89 Å². The summed E-state index contributed by atoms with van der Waals surface area (Å²) in [6, 6.07) is 1.91. The molecule has 7 heteroatoms. The highest BCUT2D eigenvalue weighted by Crippen LogP contribution is 2.21. The lowest BCUT2D eigenvalue weighted by molar-refractivity contribution is 0.101. The minimum atomic E-state index is -0.346. The second kappa shape index (κ2) is 4.87. The van der Waals surface area contributed by atoms with Crippen molar-refractivity contribution in [1.29, 1.82) is 0 Å². The molecule has 2 aromatic rings. The van der Waals surface area contributed by atoms with Crippen LogP contribution in [0.3, 0.4) is 0 Å². The van der Waals surface area contributed by atoms with Gasteiger partial charge in [0.05, 0.1) is 11.7 Å². The highest BCUT2D eigenvalue weighted by atomic mass is 32.1. The number of nitrogens with zero attached hydrogens (tertiary/aromatic N) is 2. The first kappa shape index (κ1) is 11.4. The van der Waals surface area contributed by atoms with Crippen LogP contribution in [0.2, 0.25) is 0 Å². The SMILES string of the molecule is O=C(Nc1ccsc1)c1noc(C2CCCN2)n1. The van der Waals surface area contributed by atoms with Gasteiger partial charge >= 0.3 is 0 Å². The van der Waals surface area contributed by atoms with Crippen LogP contribution in [0.4, 0.5) is 5.69 Å². The zero-order chi connectivity index (χ0) is 12.4. The van der Waals surface area contributed by atoms with Gasteiger partial charge in [0.25, 0.3) is 11.7 Å². The van der Waals surface area contributed by atoms with Crippen LogP contribution in [0.25, 0.3) is 0 Å². The molecule has 0 spiro atoms. The van der Waals surface area contributed by atoms with E-state index in [4.69, 9.17) is 4.52 Å². The fourth-order valence-electron chi connectivity index (χ4n) is 1.89. The maximum Gasteiger partial charge on any atom is 0.297 e. The van der Waals surface area contributed by atoms with Gasteiger partial charge in [0, 0.05) is 5.38 Å². The van der Waals surface area contributed by atoms with Crippen molar-refractivity contribution < 1.29 is 9.32 Å². The third-order valence-electron chi connectivity index (χ3n) is 2.78. The lowest BCUT2D eigenvalue weighted by atomic mass is 10.2. The standard InChI is InChI=1S/C11H12N4O2S/c16-10(13-7-3-5-18-6-7)9-14-11(17-15-9)8-2-1-4-12-8/h3,5-6,8,12H,1-2,4H2,(H,13,16). The first-order chi connectivity index (χ1) is 8.83. The summed E-state index contributed by atoms with van der Waals surface area (Å²) >= 11 is 1.51. The number of carbonyl (C=O) groups is 1. The van der Waals surface area contributed by atoms with Crippen molar-refractivity contribution in [3.8, 4) is 0 Å². The molecule has 2 N–H and O–H groups in total. The van der Waals surface area contributed by atoms with E-state index in [9.17, 15) is 4.79 Å². The van der Waals surface area contributed by atoms with Crippen molar-refractivity contribution in [3.63, 3.8) is 0 Å². The lowest BCUT2D eigenvalue weighted by Gasteiger charge is -2.01. The molecule has 3 heterocycles. The summed E-state index contributed by atoms with van der Waals surface area (Å²) in [6.07, 6.45) is 2.05. The van der Waals surface area contributed by atoms with Crippen molar-refractivity contribution in [3.05, 3.63) is 28.5 Å². The van der Waals surface area contributed by atoms with Gasteiger partial charge in [-0.2, -0.15) is 16.3 Å². The number of thiophene rings is 1. The Morgan fingerprint density at radius 3 is 3.28 bits per heavy atom. The van der Waals surface area contributed by atoms with Gasteiger partial charge < -0.3 is 15.2 Å². The molecule has 1 unspecified atom stereocenters. The largest absolute Gasteiger partial charge is 0.337 e. The Bertz CT molecular complexity index is 531. The number of rotatable bonds is 3. The van der Waals surface area contributed by atoms with Gasteiger partial charge in [-0.25, -0.2) is 0 Å². The van der Waals surface area contributed by atoms with Gasteiger partial charge in [-0.05, 0) is 30.8 Å². The number of aromatic nitrogens is 2. The average Bonchev–Trinajstić information content (AvgIpc) is 3.11. The van der Waals surface area contributed by atoms with Crippen LogP contribution in [0.15, 0.2) is 21.3 Å². The smallest absolute Gasteiger partial charge is 0.297 e. The average molecular weight is 264 g/mol. The van der Waals surface area contributed by atoms with Crippen LogP contribution in [-0.2, 0) is 0 Å². The minimum absolute atomic E-state index is 0.0740. The summed E-state index contributed by atoms with van der Waals surface area (Å²) in [5.41, 5.74) is 0.746. The first-order valence-electron chi connectivity index (χ1n) is 5.73. The van der Waals surface area contributed by atoms with Gasteiger partial charge in [-0.1, -0.05) is 5.16 Å². The van der Waals surface area contributed by atoms with Crippen LogP contribution in [0.5, 0.6) is 0 Å². The summed E-state index contributed by atoms with van der Waals surface area (Å²) in [7, 11) is 0. The monoisotopic (exact) mass is 264 g/mol. The van der Waals surface area contributed by atoms with Crippen molar-refractivity contribution in [2.24, 2.45) is 0 Å². The van der Waals surface area contributed by atoms with Gasteiger partial charge in [-0.15, -0.1) is 0 Å².